The van der Waals surface area contributed by atoms with E-state index >= 15 is 0 Å². The summed E-state index contributed by atoms with van der Waals surface area (Å²) in [6, 6.07) is 12.7. The SMILES string of the molecule is O=C(c1cc(Cl)ccc1Cl)C1OCCc2ccccc21. The zero-order valence-corrected chi connectivity index (χ0v) is 12.1. The van der Waals surface area contributed by atoms with Gasteiger partial charge >= 0.3 is 0 Å². The third-order valence-electron chi connectivity index (χ3n) is 3.43. The van der Waals surface area contributed by atoms with Crippen molar-refractivity contribution >= 4 is 29.0 Å². The molecule has 0 amide bonds. The average molecular weight is 307 g/mol. The van der Waals surface area contributed by atoms with Crippen LogP contribution in [0.4, 0.5) is 0 Å². The number of hydrogen-bond acceptors (Lipinski definition) is 2. The molecule has 2 nitrogen and oxygen atoms in total. The Morgan fingerprint density at radius 1 is 1.15 bits per heavy atom. The minimum Gasteiger partial charge on any atom is -0.365 e. The van der Waals surface area contributed by atoms with Crippen LogP contribution in [-0.4, -0.2) is 12.4 Å². The summed E-state index contributed by atoms with van der Waals surface area (Å²) in [6.07, 6.45) is 0.222. The number of carbonyl (C=O) groups excluding carboxylic acids is 1. The van der Waals surface area contributed by atoms with Gasteiger partial charge in [-0.25, -0.2) is 0 Å². The second kappa shape index (κ2) is 5.57. The van der Waals surface area contributed by atoms with Gasteiger partial charge in [-0.05, 0) is 35.7 Å². The third kappa shape index (κ3) is 2.47. The van der Waals surface area contributed by atoms with Gasteiger partial charge < -0.3 is 4.74 Å². The lowest BCUT2D eigenvalue weighted by Crippen LogP contribution is -2.23. The predicted molar refractivity (Wildman–Crippen MR) is 79.6 cm³/mol. The predicted octanol–water partition coefficient (Wildman–Crippen LogP) is 4.49. The first kappa shape index (κ1) is 13.6. The van der Waals surface area contributed by atoms with Crippen LogP contribution in [0.25, 0.3) is 0 Å². The summed E-state index contributed by atoms with van der Waals surface area (Å²) in [5.41, 5.74) is 2.47. The zero-order valence-electron chi connectivity index (χ0n) is 10.6. The topological polar surface area (TPSA) is 26.3 Å². The van der Waals surface area contributed by atoms with E-state index < -0.39 is 6.10 Å². The molecule has 1 heterocycles. The van der Waals surface area contributed by atoms with Crippen molar-refractivity contribution in [2.24, 2.45) is 0 Å². The van der Waals surface area contributed by atoms with E-state index in [9.17, 15) is 4.79 Å². The van der Waals surface area contributed by atoms with Gasteiger partial charge in [0, 0.05) is 10.6 Å². The Morgan fingerprint density at radius 3 is 2.80 bits per heavy atom. The van der Waals surface area contributed by atoms with Crippen molar-refractivity contribution in [1.29, 1.82) is 0 Å². The fraction of sp³-hybridized carbons (Fsp3) is 0.188. The standard InChI is InChI=1S/C16H12Cl2O2/c17-11-5-6-14(18)13(9-11)15(19)16-12-4-2-1-3-10(12)7-8-20-16/h1-6,9,16H,7-8H2. The number of carbonyl (C=O) groups is 1. The third-order valence-corrected chi connectivity index (χ3v) is 3.99. The van der Waals surface area contributed by atoms with Crippen LogP contribution in [-0.2, 0) is 11.2 Å². The molecule has 0 bridgehead atoms. The highest BCUT2D eigenvalue weighted by molar-refractivity contribution is 6.36. The number of ether oxygens (including phenoxy) is 1. The zero-order chi connectivity index (χ0) is 14.1. The molecule has 0 radical (unpaired) electrons. The molecule has 0 aliphatic carbocycles. The molecule has 0 fully saturated rings. The minimum atomic E-state index is -0.601. The van der Waals surface area contributed by atoms with Crippen LogP contribution in [0, 0.1) is 0 Å². The quantitative estimate of drug-likeness (QED) is 0.764. The maximum Gasteiger partial charge on any atom is 0.197 e. The molecular weight excluding hydrogens is 295 g/mol. The summed E-state index contributed by atoms with van der Waals surface area (Å²) in [6.45, 7) is 0.533. The maximum absolute atomic E-state index is 12.7. The Balaban J connectivity index is 2.02. The fourth-order valence-corrected chi connectivity index (χ4v) is 2.82. The van der Waals surface area contributed by atoms with E-state index in [2.05, 4.69) is 0 Å². The molecule has 4 heteroatoms. The molecule has 2 aromatic rings. The number of hydrogen-bond donors (Lipinski definition) is 0. The Kier molecular flexibility index (Phi) is 3.79. The molecule has 0 saturated heterocycles. The number of halogens is 2. The molecule has 1 atom stereocenters. The first-order chi connectivity index (χ1) is 9.66. The molecule has 0 N–H and O–H groups in total. The van der Waals surface area contributed by atoms with Crippen molar-refractivity contribution in [3.63, 3.8) is 0 Å². The highest BCUT2D eigenvalue weighted by Crippen LogP contribution is 2.32. The Labute approximate surface area is 127 Å². The van der Waals surface area contributed by atoms with Gasteiger partial charge in [-0.2, -0.15) is 0 Å². The Morgan fingerprint density at radius 2 is 1.95 bits per heavy atom. The van der Waals surface area contributed by atoms with Gasteiger partial charge in [-0.15, -0.1) is 0 Å². The summed E-state index contributed by atoms with van der Waals surface area (Å²) in [5, 5.41) is 0.882. The lowest BCUT2D eigenvalue weighted by atomic mass is 9.92. The van der Waals surface area contributed by atoms with Crippen molar-refractivity contribution in [3.05, 3.63) is 69.2 Å². The molecule has 1 aliphatic rings. The van der Waals surface area contributed by atoms with Crippen LogP contribution in [0.5, 0.6) is 0 Å². The largest absolute Gasteiger partial charge is 0.365 e. The number of rotatable bonds is 2. The van der Waals surface area contributed by atoms with Gasteiger partial charge in [0.15, 0.2) is 5.78 Å². The highest BCUT2D eigenvalue weighted by Gasteiger charge is 2.29. The first-order valence-corrected chi connectivity index (χ1v) is 7.11. The van der Waals surface area contributed by atoms with E-state index in [1.165, 1.54) is 0 Å². The summed E-state index contributed by atoms with van der Waals surface area (Å²) in [5.74, 6) is -0.148. The number of Topliss-reactive ketones (excluding diaryl/α,β-unsaturated/α-hetero) is 1. The van der Waals surface area contributed by atoms with Gasteiger partial charge in [0.05, 0.1) is 11.6 Å². The Hall–Kier alpha value is -1.35. The second-order valence-corrected chi connectivity index (χ2v) is 5.53. The van der Waals surface area contributed by atoms with Gasteiger partial charge in [-0.3, -0.25) is 4.79 Å². The maximum atomic E-state index is 12.7. The monoisotopic (exact) mass is 306 g/mol. The number of fused-ring (bicyclic) bond motifs is 1. The summed E-state index contributed by atoms with van der Waals surface area (Å²) < 4.78 is 5.66. The van der Waals surface area contributed by atoms with Gasteiger partial charge in [0.25, 0.3) is 0 Å². The fourth-order valence-electron chi connectivity index (χ4n) is 2.44. The van der Waals surface area contributed by atoms with Gasteiger partial charge in [-0.1, -0.05) is 47.5 Å². The molecule has 0 saturated carbocycles. The van der Waals surface area contributed by atoms with E-state index in [1.807, 2.05) is 24.3 Å². The lowest BCUT2D eigenvalue weighted by Gasteiger charge is -2.25. The van der Waals surface area contributed by atoms with Crippen molar-refractivity contribution in [1.82, 2.24) is 0 Å². The molecular formula is C16H12Cl2O2. The molecule has 102 valence electrons. The Bertz CT molecular complexity index is 667. The highest BCUT2D eigenvalue weighted by atomic mass is 35.5. The summed E-state index contributed by atoms with van der Waals surface area (Å²) in [4.78, 5) is 12.7. The first-order valence-electron chi connectivity index (χ1n) is 6.35. The van der Waals surface area contributed by atoms with Crippen LogP contribution < -0.4 is 0 Å². The van der Waals surface area contributed by atoms with E-state index in [0.29, 0.717) is 22.2 Å². The normalized spacial score (nSPS) is 17.6. The molecule has 2 aromatic carbocycles. The van der Waals surface area contributed by atoms with E-state index in [0.717, 1.165) is 17.5 Å². The van der Waals surface area contributed by atoms with Crippen LogP contribution in [0.2, 0.25) is 10.0 Å². The van der Waals surface area contributed by atoms with Gasteiger partial charge in [0.1, 0.15) is 6.10 Å². The number of benzene rings is 2. The second-order valence-electron chi connectivity index (χ2n) is 4.69. The van der Waals surface area contributed by atoms with Crippen LogP contribution >= 0.6 is 23.2 Å². The minimum absolute atomic E-state index is 0.148. The van der Waals surface area contributed by atoms with Crippen molar-refractivity contribution in [2.45, 2.75) is 12.5 Å². The smallest absolute Gasteiger partial charge is 0.197 e. The molecule has 3 rings (SSSR count). The van der Waals surface area contributed by atoms with Crippen molar-refractivity contribution in [2.75, 3.05) is 6.61 Å². The summed E-state index contributed by atoms with van der Waals surface area (Å²) in [7, 11) is 0. The van der Waals surface area contributed by atoms with Crippen molar-refractivity contribution < 1.29 is 9.53 Å². The molecule has 20 heavy (non-hydrogen) atoms. The van der Waals surface area contributed by atoms with Crippen LogP contribution in [0.1, 0.15) is 27.6 Å². The van der Waals surface area contributed by atoms with Gasteiger partial charge in [0.2, 0.25) is 0 Å². The molecule has 0 spiro atoms. The molecule has 0 aromatic heterocycles. The van der Waals surface area contributed by atoms with E-state index in [-0.39, 0.29) is 5.78 Å². The average Bonchev–Trinajstić information content (AvgIpc) is 2.48. The van der Waals surface area contributed by atoms with E-state index in [4.69, 9.17) is 27.9 Å². The van der Waals surface area contributed by atoms with Crippen molar-refractivity contribution in [3.8, 4) is 0 Å². The molecule has 1 aliphatic heterocycles. The lowest BCUT2D eigenvalue weighted by molar-refractivity contribution is 0.0349. The van der Waals surface area contributed by atoms with Crippen LogP contribution in [0.3, 0.4) is 0 Å². The summed E-state index contributed by atoms with van der Waals surface area (Å²) >= 11 is 12.1. The van der Waals surface area contributed by atoms with Crippen LogP contribution in [0.15, 0.2) is 42.5 Å². The number of ketones is 1. The van der Waals surface area contributed by atoms with E-state index in [1.54, 1.807) is 18.2 Å². The molecule has 1 unspecified atom stereocenters.